The molecule has 0 aromatic heterocycles. The summed E-state index contributed by atoms with van der Waals surface area (Å²) < 4.78 is 22.3. The van der Waals surface area contributed by atoms with Crippen LogP contribution in [0.2, 0.25) is 0 Å². The summed E-state index contributed by atoms with van der Waals surface area (Å²) >= 11 is 1.16. The molecular weight excluding hydrogens is 421 g/mol. The fourth-order valence-electron chi connectivity index (χ4n) is 3.42. The lowest BCUT2D eigenvalue weighted by atomic mass is 9.91. The van der Waals surface area contributed by atoms with Gasteiger partial charge in [-0.3, -0.25) is 9.79 Å². The monoisotopic (exact) mass is 441 g/mol. The first-order chi connectivity index (χ1) is 14.4. The van der Waals surface area contributed by atoms with Crippen molar-refractivity contribution < 1.29 is 23.6 Å². The molecule has 3 aromatic rings. The highest BCUT2D eigenvalue weighted by Gasteiger charge is 2.30. The van der Waals surface area contributed by atoms with E-state index in [0.29, 0.717) is 11.3 Å². The maximum atomic E-state index is 11.9. The van der Waals surface area contributed by atoms with Crippen LogP contribution in [0.15, 0.2) is 82.8 Å². The van der Waals surface area contributed by atoms with Crippen molar-refractivity contribution in [2.45, 2.75) is 4.90 Å². The summed E-state index contributed by atoms with van der Waals surface area (Å²) in [5.74, 6) is 0.694. The van der Waals surface area contributed by atoms with Gasteiger partial charge in [-0.25, -0.2) is 4.57 Å². The van der Waals surface area contributed by atoms with Gasteiger partial charge in [0, 0.05) is 40.0 Å². The number of rotatable bonds is 5. The molecule has 0 radical (unpaired) electrons. The van der Waals surface area contributed by atoms with Gasteiger partial charge >= 0.3 is 7.82 Å². The number of thioether (sulfide) groups is 1. The molecule has 2 N–H and O–H groups in total. The van der Waals surface area contributed by atoms with Crippen molar-refractivity contribution in [1.82, 2.24) is 0 Å². The lowest BCUT2D eigenvalue weighted by Crippen LogP contribution is -2.18. The van der Waals surface area contributed by atoms with Crippen molar-refractivity contribution in [3.05, 3.63) is 89.0 Å². The van der Waals surface area contributed by atoms with Gasteiger partial charge in [-0.1, -0.05) is 48.2 Å². The van der Waals surface area contributed by atoms with Crippen LogP contribution in [-0.4, -0.2) is 23.9 Å². The summed E-state index contributed by atoms with van der Waals surface area (Å²) in [5, 5.41) is 0.140. The number of fused-ring (bicyclic) bond motifs is 2. The molecule has 1 heterocycles. The number of hydrogen-bond donors (Lipinski definition) is 2. The number of hydrogen-bond acceptors (Lipinski definition) is 5. The molecule has 0 saturated carbocycles. The van der Waals surface area contributed by atoms with E-state index in [1.165, 1.54) is 0 Å². The summed E-state index contributed by atoms with van der Waals surface area (Å²) in [7, 11) is -1.25. The second kappa shape index (κ2) is 8.20. The largest absolute Gasteiger partial charge is 0.525 e. The molecule has 0 unspecified atom stereocenters. The SMILES string of the molecule is COc1ccc(SC(OP(=O)(O)O)=C2c3ccccc3N(C)c3ccccc32)cc1. The van der Waals surface area contributed by atoms with Gasteiger partial charge in [0.05, 0.1) is 7.11 Å². The highest BCUT2D eigenvalue weighted by Crippen LogP contribution is 2.52. The van der Waals surface area contributed by atoms with Gasteiger partial charge in [-0.15, -0.1) is 0 Å². The summed E-state index contributed by atoms with van der Waals surface area (Å²) in [4.78, 5) is 22.1. The molecule has 4 rings (SSSR count). The Balaban J connectivity index is 1.94. The molecule has 0 aliphatic carbocycles. The zero-order valence-electron chi connectivity index (χ0n) is 16.4. The Kier molecular flexibility index (Phi) is 5.62. The van der Waals surface area contributed by atoms with Gasteiger partial charge in [-0.05, 0) is 36.4 Å². The number of methoxy groups -OCH3 is 1. The summed E-state index contributed by atoms with van der Waals surface area (Å²) in [5.41, 5.74) is 4.16. The zero-order valence-corrected chi connectivity index (χ0v) is 18.1. The Morgan fingerprint density at radius 3 is 1.93 bits per heavy atom. The number of ether oxygens (including phenoxy) is 1. The number of phosphoric ester groups is 1. The molecule has 154 valence electrons. The Hall–Kier alpha value is -2.70. The van der Waals surface area contributed by atoms with E-state index in [4.69, 9.17) is 9.26 Å². The molecule has 1 aliphatic rings. The second-order valence-electron chi connectivity index (χ2n) is 6.62. The summed E-state index contributed by atoms with van der Waals surface area (Å²) in [6, 6.07) is 22.7. The van der Waals surface area contributed by atoms with Crippen LogP contribution in [0.1, 0.15) is 11.1 Å². The van der Waals surface area contributed by atoms with Crippen LogP contribution >= 0.6 is 19.6 Å². The first-order valence-electron chi connectivity index (χ1n) is 9.11. The molecule has 6 nitrogen and oxygen atoms in total. The lowest BCUT2D eigenvalue weighted by molar-refractivity contribution is 0.255. The minimum atomic E-state index is -4.80. The Morgan fingerprint density at radius 2 is 1.43 bits per heavy atom. The van der Waals surface area contributed by atoms with Gasteiger partial charge in [0.15, 0.2) is 5.09 Å². The molecule has 3 aromatic carbocycles. The average Bonchev–Trinajstić information content (AvgIpc) is 2.73. The molecule has 0 spiro atoms. The number of benzene rings is 3. The van der Waals surface area contributed by atoms with E-state index < -0.39 is 7.82 Å². The lowest BCUT2D eigenvalue weighted by Gasteiger charge is -2.32. The minimum Gasteiger partial charge on any atom is -0.497 e. The fraction of sp³-hybridized carbons (Fsp3) is 0.0909. The van der Waals surface area contributed by atoms with Gasteiger partial charge in [0.2, 0.25) is 0 Å². The molecule has 0 saturated heterocycles. The third kappa shape index (κ3) is 4.11. The second-order valence-corrected chi connectivity index (χ2v) is 8.83. The van der Waals surface area contributed by atoms with Gasteiger partial charge in [-0.2, -0.15) is 0 Å². The molecule has 0 bridgehead atoms. The average molecular weight is 441 g/mol. The third-order valence-corrected chi connectivity index (χ3v) is 6.27. The predicted molar refractivity (Wildman–Crippen MR) is 119 cm³/mol. The number of nitrogens with zero attached hydrogens (tertiary/aromatic N) is 1. The van der Waals surface area contributed by atoms with E-state index in [1.54, 1.807) is 19.2 Å². The van der Waals surface area contributed by atoms with Crippen LogP contribution in [0.3, 0.4) is 0 Å². The highest BCUT2D eigenvalue weighted by molar-refractivity contribution is 8.03. The molecule has 0 amide bonds. The van der Waals surface area contributed by atoms with Crippen molar-refractivity contribution >= 4 is 36.5 Å². The smallest absolute Gasteiger partial charge is 0.497 e. The van der Waals surface area contributed by atoms with Crippen molar-refractivity contribution in [1.29, 1.82) is 0 Å². The minimum absolute atomic E-state index is 0.140. The van der Waals surface area contributed by atoms with Crippen LogP contribution in [-0.2, 0) is 9.09 Å². The molecule has 0 fully saturated rings. The maximum absolute atomic E-state index is 11.9. The van der Waals surface area contributed by atoms with Crippen molar-refractivity contribution in [2.24, 2.45) is 0 Å². The normalized spacial score (nSPS) is 12.8. The van der Waals surface area contributed by atoms with Crippen LogP contribution < -0.4 is 9.64 Å². The van der Waals surface area contributed by atoms with E-state index in [9.17, 15) is 14.4 Å². The van der Waals surface area contributed by atoms with Gasteiger partial charge in [0.1, 0.15) is 5.75 Å². The number of para-hydroxylation sites is 2. The van der Waals surface area contributed by atoms with E-state index in [0.717, 1.165) is 39.2 Å². The van der Waals surface area contributed by atoms with Crippen molar-refractivity contribution in [3.63, 3.8) is 0 Å². The van der Waals surface area contributed by atoms with Crippen LogP contribution in [0, 0.1) is 0 Å². The third-order valence-electron chi connectivity index (χ3n) is 4.75. The first kappa shape index (κ1) is 20.6. The van der Waals surface area contributed by atoms with Crippen LogP contribution in [0.25, 0.3) is 5.57 Å². The Morgan fingerprint density at radius 1 is 0.900 bits per heavy atom. The van der Waals surface area contributed by atoms with Gasteiger partial charge in [0.25, 0.3) is 0 Å². The topological polar surface area (TPSA) is 79.2 Å². The molecule has 1 aliphatic heterocycles. The van der Waals surface area contributed by atoms with E-state index in [2.05, 4.69) is 4.90 Å². The standard InChI is InChI=1S/C22H20NO5PS/c1-23-19-9-5-3-7-17(19)21(18-8-4-6-10-20(18)23)22(28-29(24,25)26)30-16-13-11-15(27-2)12-14-16/h3-14H,1-2H3,(H2,24,25,26). The Bertz CT molecular complexity index is 1110. The zero-order chi connectivity index (χ0) is 21.3. The van der Waals surface area contributed by atoms with Gasteiger partial charge < -0.3 is 14.2 Å². The predicted octanol–water partition coefficient (Wildman–Crippen LogP) is 5.40. The molecule has 30 heavy (non-hydrogen) atoms. The van der Waals surface area contributed by atoms with E-state index >= 15 is 0 Å². The number of anilines is 2. The molecule has 8 heteroatoms. The maximum Gasteiger partial charge on any atom is 0.525 e. The number of phosphoric acid groups is 1. The van der Waals surface area contributed by atoms with E-state index in [-0.39, 0.29) is 5.09 Å². The van der Waals surface area contributed by atoms with E-state index in [1.807, 2.05) is 67.7 Å². The van der Waals surface area contributed by atoms with Crippen molar-refractivity contribution in [2.75, 3.05) is 19.1 Å². The first-order valence-corrected chi connectivity index (χ1v) is 11.5. The molecular formula is C22H20NO5PS. The highest BCUT2D eigenvalue weighted by atomic mass is 32.2. The Labute approximate surface area is 179 Å². The van der Waals surface area contributed by atoms with Crippen LogP contribution in [0.5, 0.6) is 5.75 Å². The molecule has 0 atom stereocenters. The summed E-state index contributed by atoms with van der Waals surface area (Å²) in [6.07, 6.45) is 0. The van der Waals surface area contributed by atoms with Crippen molar-refractivity contribution in [3.8, 4) is 5.75 Å². The van der Waals surface area contributed by atoms with Crippen LogP contribution in [0.4, 0.5) is 11.4 Å². The summed E-state index contributed by atoms with van der Waals surface area (Å²) in [6.45, 7) is 0. The fourth-order valence-corrected chi connectivity index (χ4v) is 4.98. The quantitative estimate of drug-likeness (QED) is 0.312.